The van der Waals surface area contributed by atoms with Gasteiger partial charge in [0.1, 0.15) is 0 Å². The van der Waals surface area contributed by atoms with Crippen molar-refractivity contribution in [2.45, 2.75) is 58.2 Å². The van der Waals surface area contributed by atoms with E-state index in [-0.39, 0.29) is 5.91 Å². The summed E-state index contributed by atoms with van der Waals surface area (Å²) in [7, 11) is 0. The summed E-state index contributed by atoms with van der Waals surface area (Å²) in [5.41, 5.74) is 4.31. The van der Waals surface area contributed by atoms with Gasteiger partial charge in [-0.05, 0) is 43.2 Å². The molecule has 0 saturated heterocycles. The highest BCUT2D eigenvalue weighted by molar-refractivity contribution is 5.72. The van der Waals surface area contributed by atoms with Crippen LogP contribution >= 0.6 is 0 Å². The molecule has 2 aliphatic carbocycles. The second kappa shape index (κ2) is 6.48. The first-order chi connectivity index (χ1) is 10.2. The van der Waals surface area contributed by atoms with Crippen LogP contribution in [0.5, 0.6) is 0 Å². The van der Waals surface area contributed by atoms with E-state index in [0.717, 1.165) is 44.9 Å². The monoisotopic (exact) mass is 287 g/mol. The molecule has 1 heterocycles. The summed E-state index contributed by atoms with van der Waals surface area (Å²) < 4.78 is 2.39. The number of fused-ring (bicyclic) bond motifs is 1. The molecule has 4 nitrogen and oxygen atoms in total. The largest absolute Gasteiger partial charge is 0.356 e. The number of carbonyl (C=O) groups is 1. The van der Waals surface area contributed by atoms with Crippen molar-refractivity contribution in [3.8, 4) is 0 Å². The highest BCUT2D eigenvalue weighted by Gasteiger charge is 2.22. The second-order valence-corrected chi connectivity index (χ2v) is 6.14. The Morgan fingerprint density at radius 1 is 1.43 bits per heavy atom. The molecule has 4 heteroatoms. The zero-order valence-electron chi connectivity index (χ0n) is 12.8. The van der Waals surface area contributed by atoms with E-state index in [1.54, 1.807) is 6.92 Å². The molecule has 0 bridgehead atoms. The average Bonchev–Trinajstić information content (AvgIpc) is 3.24. The van der Waals surface area contributed by atoms with E-state index < -0.39 is 0 Å². The topological polar surface area (TPSA) is 46.1 Å². The van der Waals surface area contributed by atoms with Crippen LogP contribution in [0, 0.1) is 0 Å². The van der Waals surface area contributed by atoms with Crippen molar-refractivity contribution >= 4 is 12.0 Å². The summed E-state index contributed by atoms with van der Waals surface area (Å²) in [6.45, 7) is 4.30. The lowest BCUT2D eigenvalue weighted by Gasteiger charge is -2.12. The van der Waals surface area contributed by atoms with Gasteiger partial charge in [0.25, 0.3) is 0 Å². The number of allylic oxidation sites excluding steroid dienone is 1. The normalized spacial score (nSPS) is 16.8. The van der Waals surface area contributed by atoms with Crippen LogP contribution < -0.4 is 10.6 Å². The lowest BCUT2D eigenvalue weighted by atomic mass is 10.0. The Kier molecular flexibility index (Phi) is 4.44. The quantitative estimate of drug-likeness (QED) is 0.755. The fraction of sp³-hybridized carbons (Fsp3) is 0.588. The molecule has 114 valence electrons. The maximum Gasteiger partial charge on any atom is 0.216 e. The maximum atomic E-state index is 10.9. The van der Waals surface area contributed by atoms with E-state index >= 15 is 0 Å². The van der Waals surface area contributed by atoms with Gasteiger partial charge in [0, 0.05) is 44.5 Å². The molecule has 1 aromatic heterocycles. The molecule has 21 heavy (non-hydrogen) atoms. The molecular weight excluding hydrogens is 262 g/mol. The van der Waals surface area contributed by atoms with Gasteiger partial charge in [-0.3, -0.25) is 4.79 Å². The third-order valence-electron chi connectivity index (χ3n) is 4.26. The molecule has 1 amide bonds. The highest BCUT2D eigenvalue weighted by Crippen LogP contribution is 2.27. The summed E-state index contributed by atoms with van der Waals surface area (Å²) in [6, 6.07) is 0.747. The smallest absolute Gasteiger partial charge is 0.216 e. The molecule has 2 N–H and O–H groups in total. The van der Waals surface area contributed by atoms with Crippen molar-refractivity contribution in [2.75, 3.05) is 6.54 Å². The lowest BCUT2D eigenvalue weighted by Crippen LogP contribution is -2.22. The summed E-state index contributed by atoms with van der Waals surface area (Å²) in [5.74, 6) is 0.0572. The highest BCUT2D eigenvalue weighted by atomic mass is 16.1. The van der Waals surface area contributed by atoms with E-state index in [4.69, 9.17) is 0 Å². The molecule has 0 aliphatic heterocycles. The van der Waals surface area contributed by atoms with Gasteiger partial charge in [-0.2, -0.15) is 0 Å². The van der Waals surface area contributed by atoms with E-state index in [1.807, 2.05) is 0 Å². The molecular formula is C17H25N3O. The zero-order valence-corrected chi connectivity index (χ0v) is 12.8. The fourth-order valence-electron chi connectivity index (χ4n) is 2.97. The second-order valence-electron chi connectivity index (χ2n) is 6.14. The van der Waals surface area contributed by atoms with E-state index in [1.165, 1.54) is 29.7 Å². The molecule has 2 aliphatic rings. The zero-order chi connectivity index (χ0) is 14.7. The molecule has 1 fully saturated rings. The number of aryl methyl sites for hydroxylation is 1. The van der Waals surface area contributed by atoms with Gasteiger partial charge in [0.15, 0.2) is 0 Å². The molecule has 0 unspecified atom stereocenters. The third-order valence-corrected chi connectivity index (χ3v) is 4.26. The Bertz CT molecular complexity index is 540. The summed E-state index contributed by atoms with van der Waals surface area (Å²) >= 11 is 0. The number of nitrogens with zero attached hydrogens (tertiary/aromatic N) is 1. The lowest BCUT2D eigenvalue weighted by molar-refractivity contribution is -0.118. The average molecular weight is 287 g/mol. The van der Waals surface area contributed by atoms with Crippen LogP contribution in [0.3, 0.4) is 0 Å². The number of rotatable bonds is 7. The van der Waals surface area contributed by atoms with E-state index in [2.05, 4.69) is 33.5 Å². The molecule has 1 saturated carbocycles. The van der Waals surface area contributed by atoms with E-state index in [0.29, 0.717) is 0 Å². The molecule has 0 atom stereocenters. The fourth-order valence-corrected chi connectivity index (χ4v) is 2.97. The minimum absolute atomic E-state index is 0.0572. The van der Waals surface area contributed by atoms with Gasteiger partial charge in [-0.1, -0.05) is 12.2 Å². The minimum atomic E-state index is 0.0572. The SMILES string of the molecule is CC(=O)NCCCn1cc(CNC2CC2)c2c1CCC=C2. The van der Waals surface area contributed by atoms with Gasteiger partial charge in [-0.25, -0.2) is 0 Å². The van der Waals surface area contributed by atoms with Crippen molar-refractivity contribution in [1.82, 2.24) is 15.2 Å². The van der Waals surface area contributed by atoms with Gasteiger partial charge in [0.2, 0.25) is 5.91 Å². The molecule has 3 rings (SSSR count). The van der Waals surface area contributed by atoms with Gasteiger partial charge < -0.3 is 15.2 Å². The number of aromatic nitrogens is 1. The maximum absolute atomic E-state index is 10.9. The Balaban J connectivity index is 1.64. The van der Waals surface area contributed by atoms with Gasteiger partial charge in [0.05, 0.1) is 0 Å². The predicted octanol–water partition coefficient (Wildman–Crippen LogP) is 2.23. The van der Waals surface area contributed by atoms with Crippen molar-refractivity contribution in [1.29, 1.82) is 0 Å². The minimum Gasteiger partial charge on any atom is -0.356 e. The number of amides is 1. The van der Waals surface area contributed by atoms with Crippen LogP contribution in [-0.4, -0.2) is 23.1 Å². The summed E-state index contributed by atoms with van der Waals surface area (Å²) in [6.07, 6.45) is 12.8. The Morgan fingerprint density at radius 2 is 2.29 bits per heavy atom. The van der Waals surface area contributed by atoms with Crippen LogP contribution in [-0.2, 0) is 24.3 Å². The Labute approximate surface area is 126 Å². The van der Waals surface area contributed by atoms with Crippen LogP contribution in [0.1, 0.15) is 49.4 Å². The van der Waals surface area contributed by atoms with Crippen LogP contribution in [0.15, 0.2) is 12.3 Å². The predicted molar refractivity (Wildman–Crippen MR) is 84.9 cm³/mol. The van der Waals surface area contributed by atoms with Crippen molar-refractivity contribution in [2.24, 2.45) is 0 Å². The first-order valence-electron chi connectivity index (χ1n) is 8.09. The number of carbonyl (C=O) groups excluding carboxylic acids is 1. The number of hydrogen-bond acceptors (Lipinski definition) is 2. The number of hydrogen-bond donors (Lipinski definition) is 2. The standard InChI is InChI=1S/C17H25N3O/c1-13(21)18-9-4-10-20-12-14(11-19-15-7-8-15)16-5-2-3-6-17(16)20/h2,5,12,15,19H,3-4,6-11H2,1H3,(H,18,21). The first-order valence-corrected chi connectivity index (χ1v) is 8.09. The first kappa shape index (κ1) is 14.4. The van der Waals surface area contributed by atoms with Crippen molar-refractivity contribution in [3.63, 3.8) is 0 Å². The summed E-state index contributed by atoms with van der Waals surface area (Å²) in [5, 5.41) is 6.49. The van der Waals surface area contributed by atoms with Crippen molar-refractivity contribution in [3.05, 3.63) is 29.1 Å². The van der Waals surface area contributed by atoms with E-state index in [9.17, 15) is 4.79 Å². The molecule has 0 aromatic carbocycles. The molecule has 0 spiro atoms. The van der Waals surface area contributed by atoms with Crippen molar-refractivity contribution < 1.29 is 4.79 Å². The van der Waals surface area contributed by atoms with Crippen LogP contribution in [0.2, 0.25) is 0 Å². The summed E-state index contributed by atoms with van der Waals surface area (Å²) in [4.78, 5) is 10.9. The Hall–Kier alpha value is -1.55. The van der Waals surface area contributed by atoms with Gasteiger partial charge >= 0.3 is 0 Å². The molecule has 0 radical (unpaired) electrons. The third kappa shape index (κ3) is 3.76. The van der Waals surface area contributed by atoms with Gasteiger partial charge in [-0.15, -0.1) is 0 Å². The molecule has 1 aromatic rings. The van der Waals surface area contributed by atoms with Crippen LogP contribution in [0.25, 0.3) is 6.08 Å². The number of nitrogens with one attached hydrogen (secondary N) is 2. The van der Waals surface area contributed by atoms with Crippen LogP contribution in [0.4, 0.5) is 0 Å². The Morgan fingerprint density at radius 3 is 3.05 bits per heavy atom.